The zero-order chi connectivity index (χ0) is 16.5. The molecule has 1 aromatic heterocycles. The maximum Gasteiger partial charge on any atom is 0.250 e. The summed E-state index contributed by atoms with van der Waals surface area (Å²) >= 11 is 34.8. The Bertz CT molecular complexity index is 501. The number of halogens is 6. The van der Waals surface area contributed by atoms with Gasteiger partial charge in [-0.3, -0.25) is 0 Å². The Kier molecular flexibility index (Phi) is 6.28. The third-order valence-corrected chi connectivity index (χ3v) is 3.99. The lowest BCUT2D eigenvalue weighted by Gasteiger charge is -2.16. The van der Waals surface area contributed by atoms with Gasteiger partial charge in [0, 0.05) is 6.42 Å². The fourth-order valence-electron chi connectivity index (χ4n) is 1.85. The van der Waals surface area contributed by atoms with E-state index in [2.05, 4.69) is 15.0 Å². The van der Waals surface area contributed by atoms with Gasteiger partial charge in [-0.2, -0.15) is 0 Å². The average molecular weight is 430 g/mol. The molecule has 0 saturated carbocycles. The number of ether oxygens (including phenoxy) is 2. The molecule has 0 spiro atoms. The van der Waals surface area contributed by atoms with Crippen molar-refractivity contribution in [2.75, 3.05) is 6.79 Å². The van der Waals surface area contributed by atoms with E-state index in [4.69, 9.17) is 79.1 Å². The Morgan fingerprint density at radius 1 is 0.955 bits per heavy atom. The van der Waals surface area contributed by atoms with Gasteiger partial charge in [0.25, 0.3) is 0 Å². The molecule has 2 atom stereocenters. The van der Waals surface area contributed by atoms with Crippen LogP contribution >= 0.6 is 69.6 Å². The minimum Gasteiger partial charge on any atom is -0.350 e. The highest BCUT2D eigenvalue weighted by atomic mass is 35.6. The molecule has 1 fully saturated rings. The molecule has 1 saturated heterocycles. The fraction of sp³-hybridized carbons (Fsp3) is 0.727. The molecule has 2 unspecified atom stereocenters. The van der Waals surface area contributed by atoms with Crippen molar-refractivity contribution in [1.29, 1.82) is 0 Å². The zero-order valence-corrected chi connectivity index (χ0v) is 15.7. The van der Waals surface area contributed by atoms with Crippen molar-refractivity contribution in [1.82, 2.24) is 15.0 Å². The molecule has 11 heteroatoms. The van der Waals surface area contributed by atoms with Crippen molar-refractivity contribution in [3.05, 3.63) is 17.5 Å². The van der Waals surface area contributed by atoms with Crippen LogP contribution in [0.1, 0.15) is 30.8 Å². The first kappa shape index (κ1) is 19.0. The molecule has 0 bridgehead atoms. The van der Waals surface area contributed by atoms with E-state index in [1.165, 1.54) is 0 Å². The molecule has 124 valence electrons. The molecule has 0 amide bonds. The second-order valence-electron chi connectivity index (χ2n) is 4.63. The first-order chi connectivity index (χ1) is 10.1. The summed E-state index contributed by atoms with van der Waals surface area (Å²) < 4.78 is 7.05. The van der Waals surface area contributed by atoms with Crippen LogP contribution in [0.2, 0.25) is 0 Å². The van der Waals surface area contributed by atoms with E-state index in [9.17, 15) is 0 Å². The lowest BCUT2D eigenvalue weighted by atomic mass is 10.1. The quantitative estimate of drug-likeness (QED) is 0.673. The fourth-order valence-corrected chi connectivity index (χ4v) is 2.36. The number of alkyl halides is 6. The molecule has 1 aliphatic heterocycles. The van der Waals surface area contributed by atoms with Gasteiger partial charge in [-0.1, -0.05) is 69.6 Å². The molecule has 22 heavy (non-hydrogen) atoms. The number of hydrogen-bond donors (Lipinski definition) is 0. The summed E-state index contributed by atoms with van der Waals surface area (Å²) in [5, 5.41) is 0. The molecule has 0 aromatic carbocycles. The first-order valence-electron chi connectivity index (χ1n) is 6.20. The second kappa shape index (κ2) is 7.28. The molecule has 0 radical (unpaired) electrons. The van der Waals surface area contributed by atoms with E-state index < -0.39 is 7.59 Å². The third-order valence-electron chi connectivity index (χ3n) is 2.98. The molecular weight excluding hydrogens is 419 g/mol. The number of nitrogens with zero attached hydrogens (tertiary/aromatic N) is 3. The summed E-state index contributed by atoms with van der Waals surface area (Å²) in [4.78, 5) is 12.1. The van der Waals surface area contributed by atoms with Crippen molar-refractivity contribution in [2.24, 2.45) is 0 Å². The lowest BCUT2D eigenvalue weighted by molar-refractivity contribution is 0.0393. The summed E-state index contributed by atoms with van der Waals surface area (Å²) in [5.41, 5.74) is 0. The molecule has 1 aromatic rings. The van der Waals surface area contributed by atoms with Gasteiger partial charge in [-0.05, 0) is 13.3 Å². The summed E-state index contributed by atoms with van der Waals surface area (Å²) in [7, 11) is 0. The van der Waals surface area contributed by atoms with Crippen molar-refractivity contribution < 1.29 is 9.47 Å². The highest BCUT2D eigenvalue weighted by Crippen LogP contribution is 2.40. The van der Waals surface area contributed by atoms with Crippen LogP contribution in [0.25, 0.3) is 0 Å². The van der Waals surface area contributed by atoms with Gasteiger partial charge in [0.1, 0.15) is 12.6 Å². The highest BCUT2D eigenvalue weighted by Gasteiger charge is 2.34. The van der Waals surface area contributed by atoms with Crippen LogP contribution in [0.3, 0.4) is 0 Å². The summed E-state index contributed by atoms with van der Waals surface area (Å²) in [6.07, 6.45) is 0.970. The summed E-state index contributed by atoms with van der Waals surface area (Å²) in [5.74, 6) is 0.154. The van der Waals surface area contributed by atoms with Crippen LogP contribution in [-0.4, -0.2) is 34.0 Å². The monoisotopic (exact) mass is 427 g/mol. The van der Waals surface area contributed by atoms with Crippen molar-refractivity contribution in [2.45, 2.75) is 39.6 Å². The number of aromatic nitrogens is 3. The lowest BCUT2D eigenvalue weighted by Crippen LogP contribution is -2.22. The Hall–Kier alpha value is 0.670. The summed E-state index contributed by atoms with van der Waals surface area (Å²) in [6, 6.07) is 0. The van der Waals surface area contributed by atoms with E-state index in [0.717, 1.165) is 0 Å². The zero-order valence-electron chi connectivity index (χ0n) is 11.2. The van der Waals surface area contributed by atoms with Gasteiger partial charge in [0.2, 0.25) is 7.59 Å². The van der Waals surface area contributed by atoms with E-state index in [0.29, 0.717) is 18.7 Å². The average Bonchev–Trinajstić information content (AvgIpc) is 2.79. The predicted molar refractivity (Wildman–Crippen MR) is 86.9 cm³/mol. The molecule has 5 nitrogen and oxygen atoms in total. The van der Waals surface area contributed by atoms with Gasteiger partial charge >= 0.3 is 0 Å². The third kappa shape index (κ3) is 5.08. The van der Waals surface area contributed by atoms with E-state index >= 15 is 0 Å². The molecule has 0 aliphatic carbocycles. The predicted octanol–water partition coefficient (Wildman–Crippen LogP) is 4.22. The maximum absolute atomic E-state index is 5.81. The maximum atomic E-state index is 5.81. The number of rotatable bonds is 3. The largest absolute Gasteiger partial charge is 0.350 e. The van der Waals surface area contributed by atoms with Gasteiger partial charge in [-0.25, -0.2) is 15.0 Å². The van der Waals surface area contributed by atoms with Crippen LogP contribution in [0.15, 0.2) is 0 Å². The van der Waals surface area contributed by atoms with Crippen molar-refractivity contribution in [3.8, 4) is 0 Å². The van der Waals surface area contributed by atoms with E-state index in [1.807, 2.05) is 6.92 Å². The Labute approximate surface area is 157 Å². The number of hydrogen-bond acceptors (Lipinski definition) is 5. The normalized spacial score (nSPS) is 23.0. The van der Waals surface area contributed by atoms with Gasteiger partial charge in [0.05, 0.1) is 12.2 Å². The molecule has 2 rings (SSSR count). The molecular formula is C11H11Cl6N3O2. The van der Waals surface area contributed by atoms with Crippen LogP contribution in [0.4, 0.5) is 0 Å². The molecule has 1 aliphatic rings. The Morgan fingerprint density at radius 2 is 1.50 bits per heavy atom. The van der Waals surface area contributed by atoms with Crippen LogP contribution in [0.5, 0.6) is 0 Å². The van der Waals surface area contributed by atoms with Gasteiger partial charge in [-0.15, -0.1) is 0 Å². The minimum atomic E-state index is -1.84. The standard InChI is InChI=1S/C11H11Cl6N3O2/c1-5-6(22-4-21-5)2-3-7-18-8(10(12,13)14)20-9(19-7)11(15,16)17/h5-6H,2-4H2,1H3. The Balaban J connectivity index is 2.22. The van der Waals surface area contributed by atoms with Crippen molar-refractivity contribution >= 4 is 69.6 Å². The van der Waals surface area contributed by atoms with E-state index in [-0.39, 0.29) is 30.6 Å². The minimum absolute atomic E-state index is 0.0119. The van der Waals surface area contributed by atoms with Crippen LogP contribution in [-0.2, 0) is 23.5 Å². The highest BCUT2D eigenvalue weighted by molar-refractivity contribution is 6.67. The van der Waals surface area contributed by atoms with Crippen LogP contribution in [0, 0.1) is 0 Å². The molecule has 0 N–H and O–H groups in total. The van der Waals surface area contributed by atoms with Gasteiger partial charge in [0.15, 0.2) is 11.6 Å². The summed E-state index contributed by atoms with van der Waals surface area (Å²) in [6.45, 7) is 2.19. The smallest absolute Gasteiger partial charge is 0.250 e. The second-order valence-corrected chi connectivity index (χ2v) is 9.19. The van der Waals surface area contributed by atoms with Crippen molar-refractivity contribution in [3.63, 3.8) is 0 Å². The Morgan fingerprint density at radius 3 is 1.91 bits per heavy atom. The SMILES string of the molecule is CC1OCOC1CCc1nc(C(Cl)(Cl)Cl)nc(C(Cl)(Cl)Cl)n1. The topological polar surface area (TPSA) is 57.1 Å². The van der Waals surface area contributed by atoms with Gasteiger partial charge < -0.3 is 9.47 Å². The van der Waals surface area contributed by atoms with E-state index in [1.54, 1.807) is 0 Å². The number of aryl methyl sites for hydroxylation is 1. The molecule has 2 heterocycles. The van der Waals surface area contributed by atoms with Crippen LogP contribution < -0.4 is 0 Å². The first-order valence-corrected chi connectivity index (χ1v) is 8.46.